The van der Waals surface area contributed by atoms with Crippen LogP contribution in [0, 0.1) is 0 Å². The number of rotatable bonds is 5. The molecule has 0 aliphatic rings. The molecule has 0 aliphatic carbocycles. The Labute approximate surface area is 95.0 Å². The minimum absolute atomic E-state index is 0.0415. The molecule has 0 radical (unpaired) electrons. The van der Waals surface area contributed by atoms with Crippen molar-refractivity contribution in [3.8, 4) is 5.88 Å². The molecule has 16 heavy (non-hydrogen) atoms. The van der Waals surface area contributed by atoms with Crippen LogP contribution < -0.4 is 4.74 Å². The zero-order valence-corrected chi connectivity index (χ0v) is 10.1. The molecule has 90 valence electrons. The lowest BCUT2D eigenvalue weighted by molar-refractivity contribution is 0.174. The molecular formula is C10H15NO4S. The van der Waals surface area contributed by atoms with Crippen molar-refractivity contribution in [2.75, 3.05) is 19.1 Å². The van der Waals surface area contributed by atoms with E-state index in [1.807, 2.05) is 0 Å². The fraction of sp³-hybridized carbons (Fsp3) is 0.500. The normalized spacial score (nSPS) is 13.4. The van der Waals surface area contributed by atoms with Crippen LogP contribution in [0.15, 0.2) is 18.3 Å². The summed E-state index contributed by atoms with van der Waals surface area (Å²) in [5.41, 5.74) is 0.587. The van der Waals surface area contributed by atoms with E-state index in [4.69, 9.17) is 4.74 Å². The molecule has 1 aromatic rings. The van der Waals surface area contributed by atoms with Gasteiger partial charge in [0, 0.05) is 18.5 Å². The van der Waals surface area contributed by atoms with Gasteiger partial charge in [0.15, 0.2) is 0 Å². The fourth-order valence-corrected chi connectivity index (χ4v) is 1.85. The van der Waals surface area contributed by atoms with E-state index in [-0.39, 0.29) is 12.2 Å². The summed E-state index contributed by atoms with van der Waals surface area (Å²) < 4.78 is 26.7. The van der Waals surface area contributed by atoms with Crippen LogP contribution >= 0.6 is 0 Å². The van der Waals surface area contributed by atoms with E-state index < -0.39 is 15.9 Å². The van der Waals surface area contributed by atoms with E-state index in [9.17, 15) is 13.5 Å². The molecule has 0 saturated heterocycles. The van der Waals surface area contributed by atoms with Gasteiger partial charge in [0.2, 0.25) is 5.88 Å². The number of aliphatic hydroxyl groups is 1. The Hall–Kier alpha value is -1.14. The lowest BCUT2D eigenvalue weighted by Gasteiger charge is -2.09. The second-order valence-electron chi connectivity index (χ2n) is 3.57. The van der Waals surface area contributed by atoms with E-state index in [0.29, 0.717) is 11.4 Å². The first-order chi connectivity index (χ1) is 7.42. The van der Waals surface area contributed by atoms with Gasteiger partial charge in [-0.1, -0.05) is 0 Å². The van der Waals surface area contributed by atoms with Crippen LogP contribution in [0.3, 0.4) is 0 Å². The topological polar surface area (TPSA) is 76.5 Å². The molecule has 1 aromatic heterocycles. The SMILES string of the molecule is COc1ccc(C(O)CCS(C)(=O)=O)cn1. The fourth-order valence-electron chi connectivity index (χ4n) is 1.20. The number of methoxy groups -OCH3 is 1. The van der Waals surface area contributed by atoms with Gasteiger partial charge in [-0.25, -0.2) is 13.4 Å². The third-order valence-corrected chi connectivity index (χ3v) is 3.09. The Morgan fingerprint density at radius 1 is 1.50 bits per heavy atom. The third-order valence-electron chi connectivity index (χ3n) is 2.12. The number of ether oxygens (including phenoxy) is 1. The lowest BCUT2D eigenvalue weighted by Crippen LogP contribution is -2.08. The Kier molecular flexibility index (Phi) is 4.26. The van der Waals surface area contributed by atoms with Gasteiger partial charge in [0.1, 0.15) is 9.84 Å². The summed E-state index contributed by atoms with van der Waals surface area (Å²) in [5, 5.41) is 9.70. The quantitative estimate of drug-likeness (QED) is 0.820. The van der Waals surface area contributed by atoms with Crippen molar-refractivity contribution in [1.29, 1.82) is 0 Å². The summed E-state index contributed by atoms with van der Waals surface area (Å²) in [6.45, 7) is 0. The molecule has 0 amide bonds. The van der Waals surface area contributed by atoms with Crippen LogP contribution in [-0.2, 0) is 9.84 Å². The van der Waals surface area contributed by atoms with Crippen LogP contribution in [0.4, 0.5) is 0 Å². The smallest absolute Gasteiger partial charge is 0.212 e. The first-order valence-corrected chi connectivity index (χ1v) is 6.84. The minimum Gasteiger partial charge on any atom is -0.481 e. The molecule has 0 bridgehead atoms. The molecule has 0 aliphatic heterocycles. The van der Waals surface area contributed by atoms with Crippen LogP contribution in [0.5, 0.6) is 5.88 Å². The summed E-state index contributed by atoms with van der Waals surface area (Å²) in [6.07, 6.45) is 1.98. The van der Waals surface area contributed by atoms with Gasteiger partial charge in [0.25, 0.3) is 0 Å². The van der Waals surface area contributed by atoms with Gasteiger partial charge < -0.3 is 9.84 Å². The Morgan fingerprint density at radius 3 is 2.62 bits per heavy atom. The predicted octanol–water partition coefficient (Wildman–Crippen LogP) is 0.558. The van der Waals surface area contributed by atoms with Crippen molar-refractivity contribution in [3.05, 3.63) is 23.9 Å². The maximum atomic E-state index is 10.9. The van der Waals surface area contributed by atoms with Crippen molar-refractivity contribution in [2.24, 2.45) is 0 Å². The molecule has 0 fully saturated rings. The number of aliphatic hydroxyl groups excluding tert-OH is 1. The number of hydrogen-bond donors (Lipinski definition) is 1. The number of nitrogens with zero attached hydrogens (tertiary/aromatic N) is 1. The predicted molar refractivity (Wildman–Crippen MR) is 60.1 cm³/mol. The minimum atomic E-state index is -3.05. The molecule has 1 unspecified atom stereocenters. The monoisotopic (exact) mass is 245 g/mol. The Morgan fingerprint density at radius 2 is 2.19 bits per heavy atom. The molecule has 5 nitrogen and oxygen atoms in total. The van der Waals surface area contributed by atoms with E-state index in [0.717, 1.165) is 6.26 Å². The maximum Gasteiger partial charge on any atom is 0.212 e. The molecule has 1 atom stereocenters. The van der Waals surface area contributed by atoms with Gasteiger partial charge in [-0.05, 0) is 18.1 Å². The van der Waals surface area contributed by atoms with Crippen molar-refractivity contribution < 1.29 is 18.3 Å². The summed E-state index contributed by atoms with van der Waals surface area (Å²) >= 11 is 0. The summed E-state index contributed by atoms with van der Waals surface area (Å²) in [5.74, 6) is 0.416. The molecule has 0 aromatic carbocycles. The summed E-state index contributed by atoms with van der Waals surface area (Å²) in [7, 11) is -1.54. The van der Waals surface area contributed by atoms with Crippen LogP contribution in [0.25, 0.3) is 0 Å². The highest BCUT2D eigenvalue weighted by molar-refractivity contribution is 7.90. The molecule has 6 heteroatoms. The summed E-state index contributed by atoms with van der Waals surface area (Å²) in [6, 6.07) is 3.29. The van der Waals surface area contributed by atoms with Crippen molar-refractivity contribution >= 4 is 9.84 Å². The number of aromatic nitrogens is 1. The first kappa shape index (κ1) is 12.9. The highest BCUT2D eigenvalue weighted by atomic mass is 32.2. The summed E-state index contributed by atoms with van der Waals surface area (Å²) in [4.78, 5) is 3.93. The lowest BCUT2D eigenvalue weighted by atomic mass is 10.1. The van der Waals surface area contributed by atoms with Gasteiger partial charge in [0.05, 0.1) is 19.0 Å². The third kappa shape index (κ3) is 4.16. The molecule has 1 N–H and O–H groups in total. The van der Waals surface area contributed by atoms with E-state index in [1.54, 1.807) is 12.1 Å². The van der Waals surface area contributed by atoms with Crippen molar-refractivity contribution in [2.45, 2.75) is 12.5 Å². The zero-order valence-electron chi connectivity index (χ0n) is 9.25. The van der Waals surface area contributed by atoms with Crippen LogP contribution in [0.2, 0.25) is 0 Å². The van der Waals surface area contributed by atoms with E-state index >= 15 is 0 Å². The molecular weight excluding hydrogens is 230 g/mol. The highest BCUT2D eigenvalue weighted by Gasteiger charge is 2.11. The van der Waals surface area contributed by atoms with Gasteiger partial charge in [-0.15, -0.1) is 0 Å². The molecule has 1 rings (SSSR count). The number of pyridine rings is 1. The second-order valence-corrected chi connectivity index (χ2v) is 5.83. The van der Waals surface area contributed by atoms with Gasteiger partial charge in [-0.2, -0.15) is 0 Å². The molecule has 0 spiro atoms. The Bertz CT molecular complexity index is 427. The zero-order chi connectivity index (χ0) is 12.2. The standard InChI is InChI=1S/C10H15NO4S/c1-15-10-4-3-8(7-11-10)9(12)5-6-16(2,13)14/h3-4,7,9,12H,5-6H2,1-2H3. The van der Waals surface area contributed by atoms with Gasteiger partial charge in [-0.3, -0.25) is 0 Å². The van der Waals surface area contributed by atoms with Crippen molar-refractivity contribution in [1.82, 2.24) is 4.98 Å². The number of sulfone groups is 1. The van der Waals surface area contributed by atoms with E-state index in [1.165, 1.54) is 13.3 Å². The molecule has 0 saturated carbocycles. The van der Waals surface area contributed by atoms with Crippen LogP contribution in [-0.4, -0.2) is 37.6 Å². The van der Waals surface area contributed by atoms with Gasteiger partial charge >= 0.3 is 0 Å². The highest BCUT2D eigenvalue weighted by Crippen LogP contribution is 2.18. The largest absolute Gasteiger partial charge is 0.481 e. The maximum absolute atomic E-state index is 10.9. The average Bonchev–Trinajstić information content (AvgIpc) is 2.25. The Balaban J connectivity index is 2.62. The van der Waals surface area contributed by atoms with E-state index in [2.05, 4.69) is 4.98 Å². The molecule has 1 heterocycles. The average molecular weight is 245 g/mol. The second kappa shape index (κ2) is 5.27. The first-order valence-electron chi connectivity index (χ1n) is 4.78. The van der Waals surface area contributed by atoms with Crippen LogP contribution in [0.1, 0.15) is 18.1 Å². The van der Waals surface area contributed by atoms with Crippen molar-refractivity contribution in [3.63, 3.8) is 0 Å². The number of hydrogen-bond acceptors (Lipinski definition) is 5.